The minimum absolute atomic E-state index is 0.0855. The van der Waals surface area contributed by atoms with Gasteiger partial charge in [0.05, 0.1) is 35.2 Å². The number of likely N-dealkylation sites (N-methyl/N-ethyl adjacent to an activating group) is 1. The Morgan fingerprint density at radius 3 is 2.94 bits per heavy atom. The van der Waals surface area contributed by atoms with E-state index in [4.69, 9.17) is 10.5 Å². The molecule has 0 atom stereocenters. The lowest BCUT2D eigenvalue weighted by molar-refractivity contribution is -0.119. The molecule has 0 bridgehead atoms. The SMILES string of the molecule is COCCNC(=O)CN(C)c1c(N)cncc1Br. The monoisotopic (exact) mass is 316 g/mol. The number of ether oxygens (including phenoxy) is 1. The van der Waals surface area contributed by atoms with E-state index in [9.17, 15) is 4.79 Å². The number of nitrogens with two attached hydrogens (primary N) is 1. The molecule has 0 aliphatic rings. The molecule has 100 valence electrons. The molecule has 0 aliphatic carbocycles. The topological polar surface area (TPSA) is 80.5 Å². The molecular weight excluding hydrogens is 300 g/mol. The van der Waals surface area contributed by atoms with Gasteiger partial charge >= 0.3 is 0 Å². The number of nitrogens with one attached hydrogen (secondary N) is 1. The number of amides is 1. The molecular formula is C11H17BrN4O2. The van der Waals surface area contributed by atoms with Gasteiger partial charge in [0.1, 0.15) is 0 Å². The second kappa shape index (κ2) is 7.17. The predicted molar refractivity (Wildman–Crippen MR) is 74.5 cm³/mol. The van der Waals surface area contributed by atoms with Crippen molar-refractivity contribution in [3.63, 3.8) is 0 Å². The normalized spacial score (nSPS) is 10.2. The van der Waals surface area contributed by atoms with Crippen LogP contribution in [0.5, 0.6) is 0 Å². The lowest BCUT2D eigenvalue weighted by atomic mass is 10.3. The maximum absolute atomic E-state index is 11.6. The number of pyridine rings is 1. The third kappa shape index (κ3) is 4.15. The lowest BCUT2D eigenvalue weighted by Gasteiger charge is -2.21. The van der Waals surface area contributed by atoms with Crippen LogP contribution in [0.25, 0.3) is 0 Å². The minimum atomic E-state index is -0.0855. The van der Waals surface area contributed by atoms with Gasteiger partial charge in [0.15, 0.2) is 0 Å². The molecule has 0 unspecified atom stereocenters. The van der Waals surface area contributed by atoms with Crippen LogP contribution in [0.1, 0.15) is 0 Å². The van der Waals surface area contributed by atoms with Crippen LogP contribution in [0.3, 0.4) is 0 Å². The molecule has 1 aromatic rings. The van der Waals surface area contributed by atoms with Crippen molar-refractivity contribution in [3.05, 3.63) is 16.9 Å². The zero-order chi connectivity index (χ0) is 13.5. The van der Waals surface area contributed by atoms with Crippen molar-refractivity contribution in [2.75, 3.05) is 44.5 Å². The first-order valence-corrected chi connectivity index (χ1v) is 6.21. The zero-order valence-electron chi connectivity index (χ0n) is 10.4. The number of hydrogen-bond acceptors (Lipinski definition) is 5. The van der Waals surface area contributed by atoms with E-state index >= 15 is 0 Å². The lowest BCUT2D eigenvalue weighted by Crippen LogP contribution is -2.37. The summed E-state index contributed by atoms with van der Waals surface area (Å²) in [5.74, 6) is -0.0855. The summed E-state index contributed by atoms with van der Waals surface area (Å²) < 4.78 is 5.61. The van der Waals surface area contributed by atoms with E-state index < -0.39 is 0 Å². The van der Waals surface area contributed by atoms with E-state index in [-0.39, 0.29) is 12.5 Å². The molecule has 7 heteroatoms. The number of nitrogen functional groups attached to an aromatic ring is 1. The van der Waals surface area contributed by atoms with E-state index in [0.29, 0.717) is 18.8 Å². The van der Waals surface area contributed by atoms with Crippen molar-refractivity contribution < 1.29 is 9.53 Å². The van der Waals surface area contributed by atoms with Gasteiger partial charge in [0.25, 0.3) is 0 Å². The molecule has 1 heterocycles. The predicted octanol–water partition coefficient (Wildman–Crippen LogP) is 0.625. The molecule has 0 aliphatic heterocycles. The second-order valence-electron chi connectivity index (χ2n) is 3.76. The fraction of sp³-hybridized carbons (Fsp3) is 0.455. The van der Waals surface area contributed by atoms with E-state index in [1.807, 2.05) is 0 Å². The van der Waals surface area contributed by atoms with Gasteiger partial charge in [0, 0.05) is 26.9 Å². The molecule has 6 nitrogen and oxygen atoms in total. The molecule has 1 amide bonds. The quantitative estimate of drug-likeness (QED) is 0.752. The number of rotatable bonds is 6. The van der Waals surface area contributed by atoms with Crippen LogP contribution in [-0.2, 0) is 9.53 Å². The number of nitrogens with zero attached hydrogens (tertiary/aromatic N) is 2. The van der Waals surface area contributed by atoms with Crippen LogP contribution in [-0.4, -0.2) is 44.7 Å². The van der Waals surface area contributed by atoms with Crippen molar-refractivity contribution in [2.24, 2.45) is 0 Å². The first-order valence-electron chi connectivity index (χ1n) is 5.42. The number of carbonyl (C=O) groups is 1. The minimum Gasteiger partial charge on any atom is -0.396 e. The summed E-state index contributed by atoms with van der Waals surface area (Å²) in [6.45, 7) is 1.21. The molecule has 0 fully saturated rings. The summed E-state index contributed by atoms with van der Waals surface area (Å²) >= 11 is 3.37. The average molecular weight is 317 g/mol. The third-order valence-corrected chi connectivity index (χ3v) is 2.87. The van der Waals surface area contributed by atoms with Gasteiger partial charge in [-0.3, -0.25) is 9.78 Å². The Balaban J connectivity index is 2.59. The van der Waals surface area contributed by atoms with Crippen LogP contribution in [0, 0.1) is 0 Å². The van der Waals surface area contributed by atoms with Gasteiger partial charge in [-0.1, -0.05) is 0 Å². The van der Waals surface area contributed by atoms with Gasteiger partial charge in [-0.25, -0.2) is 0 Å². The second-order valence-corrected chi connectivity index (χ2v) is 4.61. The summed E-state index contributed by atoms with van der Waals surface area (Å²) in [5, 5.41) is 2.75. The zero-order valence-corrected chi connectivity index (χ0v) is 12.0. The van der Waals surface area contributed by atoms with E-state index in [0.717, 1.165) is 10.2 Å². The number of carbonyl (C=O) groups excluding carboxylic acids is 1. The molecule has 0 aromatic carbocycles. The molecule has 0 saturated carbocycles. The number of aromatic nitrogens is 1. The molecule has 18 heavy (non-hydrogen) atoms. The number of methoxy groups -OCH3 is 1. The van der Waals surface area contributed by atoms with Gasteiger partial charge in [-0.2, -0.15) is 0 Å². The Kier molecular flexibility index (Phi) is 5.87. The van der Waals surface area contributed by atoms with Gasteiger partial charge < -0.3 is 20.7 Å². The largest absolute Gasteiger partial charge is 0.396 e. The molecule has 1 rings (SSSR count). The Labute approximate surface area is 115 Å². The highest BCUT2D eigenvalue weighted by atomic mass is 79.9. The highest BCUT2D eigenvalue weighted by Crippen LogP contribution is 2.29. The fourth-order valence-electron chi connectivity index (χ4n) is 1.49. The first-order chi connectivity index (χ1) is 8.56. The first kappa shape index (κ1) is 14.7. The van der Waals surface area contributed by atoms with Crippen LogP contribution in [0.2, 0.25) is 0 Å². The van der Waals surface area contributed by atoms with Crippen LogP contribution in [0.4, 0.5) is 11.4 Å². The summed E-state index contributed by atoms with van der Waals surface area (Å²) in [4.78, 5) is 17.4. The number of anilines is 2. The molecule has 1 aromatic heterocycles. The average Bonchev–Trinajstić information content (AvgIpc) is 2.29. The molecule has 3 N–H and O–H groups in total. The highest BCUT2D eigenvalue weighted by Gasteiger charge is 2.13. The Morgan fingerprint density at radius 1 is 1.61 bits per heavy atom. The van der Waals surface area contributed by atoms with Gasteiger partial charge in [0.2, 0.25) is 5.91 Å². The molecule has 0 spiro atoms. The third-order valence-electron chi connectivity index (χ3n) is 2.29. The summed E-state index contributed by atoms with van der Waals surface area (Å²) in [5.41, 5.74) is 7.11. The summed E-state index contributed by atoms with van der Waals surface area (Å²) in [7, 11) is 3.39. The van der Waals surface area contributed by atoms with Crippen molar-refractivity contribution in [1.82, 2.24) is 10.3 Å². The summed E-state index contributed by atoms with van der Waals surface area (Å²) in [6.07, 6.45) is 3.20. The molecule has 0 radical (unpaired) electrons. The van der Waals surface area contributed by atoms with Crippen molar-refractivity contribution in [3.8, 4) is 0 Å². The number of halogens is 1. The molecule has 0 saturated heterocycles. The summed E-state index contributed by atoms with van der Waals surface area (Å²) in [6, 6.07) is 0. The Hall–Kier alpha value is -1.34. The standard InChI is InChI=1S/C11H17BrN4O2/c1-16(7-10(17)15-3-4-18-2)11-8(12)5-14-6-9(11)13/h5-6H,3-4,7,13H2,1-2H3,(H,15,17). The van der Waals surface area contributed by atoms with Crippen molar-refractivity contribution in [2.45, 2.75) is 0 Å². The Morgan fingerprint density at radius 2 is 2.33 bits per heavy atom. The van der Waals surface area contributed by atoms with Crippen molar-refractivity contribution >= 4 is 33.2 Å². The van der Waals surface area contributed by atoms with Crippen molar-refractivity contribution in [1.29, 1.82) is 0 Å². The number of hydrogen-bond donors (Lipinski definition) is 2. The van der Waals surface area contributed by atoms with Gasteiger partial charge in [-0.05, 0) is 15.9 Å². The smallest absolute Gasteiger partial charge is 0.239 e. The van der Waals surface area contributed by atoms with E-state index in [2.05, 4.69) is 26.2 Å². The highest BCUT2D eigenvalue weighted by molar-refractivity contribution is 9.10. The maximum atomic E-state index is 11.6. The Bertz CT molecular complexity index is 394. The van der Waals surface area contributed by atoms with Gasteiger partial charge in [-0.15, -0.1) is 0 Å². The van der Waals surface area contributed by atoms with E-state index in [1.54, 1.807) is 31.5 Å². The van der Waals surface area contributed by atoms with Crippen LogP contribution >= 0.6 is 15.9 Å². The van der Waals surface area contributed by atoms with Crippen LogP contribution in [0.15, 0.2) is 16.9 Å². The van der Waals surface area contributed by atoms with E-state index in [1.165, 1.54) is 0 Å². The maximum Gasteiger partial charge on any atom is 0.239 e. The van der Waals surface area contributed by atoms with Crippen LogP contribution < -0.4 is 16.0 Å². The fourth-order valence-corrected chi connectivity index (χ4v) is 2.14.